The van der Waals surface area contributed by atoms with Gasteiger partial charge in [-0.1, -0.05) is 68.3 Å². The number of anilines is 2. The Hall–Kier alpha value is -3.66. The summed E-state index contributed by atoms with van der Waals surface area (Å²) in [6, 6.07) is 23.2. The zero-order valence-electron chi connectivity index (χ0n) is 19.5. The van der Waals surface area contributed by atoms with E-state index in [0.717, 1.165) is 24.0 Å². The number of halogens is 2. The molecule has 0 saturated heterocycles. The van der Waals surface area contributed by atoms with E-state index in [2.05, 4.69) is 6.92 Å². The molecule has 34 heavy (non-hydrogen) atoms. The van der Waals surface area contributed by atoms with Gasteiger partial charge in [0, 0.05) is 22.5 Å². The first kappa shape index (κ1) is 23.5. The molecule has 0 bridgehead atoms. The summed E-state index contributed by atoms with van der Waals surface area (Å²) in [5, 5.41) is 0. The fourth-order valence-corrected chi connectivity index (χ4v) is 4.22. The molecule has 0 heterocycles. The van der Waals surface area contributed by atoms with Gasteiger partial charge in [0.25, 0.3) is 0 Å². The van der Waals surface area contributed by atoms with Crippen LogP contribution in [0.3, 0.4) is 0 Å². The van der Waals surface area contributed by atoms with Crippen LogP contribution in [0.1, 0.15) is 42.9 Å². The number of unbranched alkanes of at least 4 members (excludes halogenated alkanes) is 2. The molecule has 0 radical (unpaired) electrons. The van der Waals surface area contributed by atoms with Crippen LogP contribution in [0.4, 0.5) is 20.2 Å². The van der Waals surface area contributed by atoms with Crippen molar-refractivity contribution in [2.45, 2.75) is 39.0 Å². The van der Waals surface area contributed by atoms with Crippen LogP contribution in [-0.2, 0) is 12.8 Å². The van der Waals surface area contributed by atoms with Crippen LogP contribution < -0.4 is 11.5 Å². The standard InChI is InChI=1S/C30H30F2N2/c1-2-3-4-5-20-6-10-22(11-7-20)26-18-29(32)27(19-28(26)31)23-12-8-21(9-13-23)16-24-17-25(33)14-15-30(24)34/h6-15,17-19H,2-5,16,33-34H2,1H3. The fourth-order valence-electron chi connectivity index (χ4n) is 4.22. The highest BCUT2D eigenvalue weighted by atomic mass is 19.1. The summed E-state index contributed by atoms with van der Waals surface area (Å²) < 4.78 is 30.0. The molecule has 0 saturated carbocycles. The first-order chi connectivity index (χ1) is 16.4. The maximum absolute atomic E-state index is 15.0. The number of hydrogen-bond donors (Lipinski definition) is 2. The van der Waals surface area contributed by atoms with Crippen molar-refractivity contribution in [3.63, 3.8) is 0 Å². The molecule has 4 heteroatoms. The Morgan fingerprint density at radius 3 is 1.76 bits per heavy atom. The average Bonchev–Trinajstić information content (AvgIpc) is 2.84. The normalized spacial score (nSPS) is 11.0. The first-order valence-electron chi connectivity index (χ1n) is 11.8. The molecule has 0 aromatic heterocycles. The predicted octanol–water partition coefficient (Wildman–Crippen LogP) is 7.79. The minimum atomic E-state index is -0.448. The third-order valence-corrected chi connectivity index (χ3v) is 6.22. The Balaban J connectivity index is 1.53. The van der Waals surface area contributed by atoms with E-state index in [9.17, 15) is 0 Å². The average molecular weight is 457 g/mol. The summed E-state index contributed by atoms with van der Waals surface area (Å²) in [4.78, 5) is 0. The second-order valence-corrected chi connectivity index (χ2v) is 8.80. The molecule has 0 unspecified atom stereocenters. The number of benzene rings is 4. The lowest BCUT2D eigenvalue weighted by molar-refractivity contribution is 0.606. The van der Waals surface area contributed by atoms with Crippen molar-refractivity contribution in [2.24, 2.45) is 0 Å². The van der Waals surface area contributed by atoms with E-state index in [0.29, 0.717) is 28.9 Å². The maximum atomic E-state index is 15.0. The van der Waals surface area contributed by atoms with Gasteiger partial charge in [0.05, 0.1) is 0 Å². The van der Waals surface area contributed by atoms with E-state index in [1.54, 1.807) is 24.3 Å². The summed E-state index contributed by atoms with van der Waals surface area (Å²) in [7, 11) is 0. The first-order valence-corrected chi connectivity index (χ1v) is 11.8. The highest BCUT2D eigenvalue weighted by Gasteiger charge is 2.14. The monoisotopic (exact) mass is 456 g/mol. The van der Waals surface area contributed by atoms with Gasteiger partial charge in [0.2, 0.25) is 0 Å². The Bertz CT molecular complexity index is 1260. The molecule has 4 rings (SSSR count). The lowest BCUT2D eigenvalue weighted by Gasteiger charge is -2.11. The lowest BCUT2D eigenvalue weighted by Crippen LogP contribution is -1.98. The topological polar surface area (TPSA) is 52.0 Å². The van der Waals surface area contributed by atoms with Gasteiger partial charge in [0.1, 0.15) is 11.6 Å². The van der Waals surface area contributed by atoms with Crippen LogP contribution in [0.2, 0.25) is 0 Å². The van der Waals surface area contributed by atoms with E-state index in [1.807, 2.05) is 42.5 Å². The molecule has 0 aliphatic carbocycles. The quantitative estimate of drug-likeness (QED) is 0.210. The van der Waals surface area contributed by atoms with Crippen LogP contribution >= 0.6 is 0 Å². The van der Waals surface area contributed by atoms with E-state index in [1.165, 1.54) is 30.5 Å². The van der Waals surface area contributed by atoms with Crippen molar-refractivity contribution in [1.82, 2.24) is 0 Å². The predicted molar refractivity (Wildman–Crippen MR) is 139 cm³/mol. The van der Waals surface area contributed by atoms with Crippen molar-refractivity contribution >= 4 is 11.4 Å². The highest BCUT2D eigenvalue weighted by Crippen LogP contribution is 2.31. The Morgan fingerprint density at radius 1 is 0.647 bits per heavy atom. The molecule has 0 aliphatic rings. The van der Waals surface area contributed by atoms with Crippen molar-refractivity contribution in [1.29, 1.82) is 0 Å². The van der Waals surface area contributed by atoms with Crippen LogP contribution in [-0.4, -0.2) is 0 Å². The molecular formula is C30H30F2N2. The van der Waals surface area contributed by atoms with E-state index < -0.39 is 11.6 Å². The van der Waals surface area contributed by atoms with Crippen LogP contribution in [0.25, 0.3) is 22.3 Å². The molecule has 0 fully saturated rings. The fraction of sp³-hybridized carbons (Fsp3) is 0.200. The van der Waals surface area contributed by atoms with E-state index >= 15 is 8.78 Å². The molecule has 0 spiro atoms. The number of aryl methyl sites for hydroxylation is 1. The summed E-state index contributed by atoms with van der Waals surface area (Å²) in [6.45, 7) is 2.18. The zero-order chi connectivity index (χ0) is 24.1. The van der Waals surface area contributed by atoms with Crippen LogP contribution in [0, 0.1) is 11.6 Å². The minimum absolute atomic E-state index is 0.243. The molecule has 4 aromatic rings. The van der Waals surface area contributed by atoms with Gasteiger partial charge in [-0.25, -0.2) is 8.78 Å². The molecule has 4 N–H and O–H groups in total. The van der Waals surface area contributed by atoms with Gasteiger partial charge < -0.3 is 11.5 Å². The SMILES string of the molecule is CCCCCc1ccc(-c2cc(F)c(-c3ccc(Cc4cc(N)ccc4N)cc3)cc2F)cc1. The third-order valence-electron chi connectivity index (χ3n) is 6.22. The Labute approximate surface area is 200 Å². The summed E-state index contributed by atoms with van der Waals surface area (Å²) in [6.07, 6.45) is 5.12. The van der Waals surface area contributed by atoms with Crippen LogP contribution in [0.15, 0.2) is 78.9 Å². The second-order valence-electron chi connectivity index (χ2n) is 8.80. The summed E-state index contributed by atoms with van der Waals surface area (Å²) in [5.41, 5.74) is 18.2. The molecule has 0 atom stereocenters. The van der Waals surface area contributed by atoms with Crippen molar-refractivity contribution < 1.29 is 8.78 Å². The van der Waals surface area contributed by atoms with E-state index in [4.69, 9.17) is 11.5 Å². The number of nitrogens with two attached hydrogens (primary N) is 2. The van der Waals surface area contributed by atoms with Gasteiger partial charge in [-0.2, -0.15) is 0 Å². The van der Waals surface area contributed by atoms with Gasteiger partial charge in [-0.3, -0.25) is 0 Å². The summed E-state index contributed by atoms with van der Waals surface area (Å²) in [5.74, 6) is -0.886. The second kappa shape index (κ2) is 10.5. The molecule has 0 aliphatic heterocycles. The Morgan fingerprint density at radius 2 is 1.21 bits per heavy atom. The Kier molecular flexibility index (Phi) is 7.27. The van der Waals surface area contributed by atoms with Gasteiger partial charge in [0.15, 0.2) is 0 Å². The smallest absolute Gasteiger partial charge is 0.131 e. The van der Waals surface area contributed by atoms with Gasteiger partial charge in [-0.05, 0) is 77.4 Å². The minimum Gasteiger partial charge on any atom is -0.399 e. The molecule has 2 nitrogen and oxygen atoms in total. The van der Waals surface area contributed by atoms with Crippen molar-refractivity contribution in [2.75, 3.05) is 11.5 Å². The molecule has 0 amide bonds. The highest BCUT2D eigenvalue weighted by molar-refractivity contribution is 5.72. The maximum Gasteiger partial charge on any atom is 0.131 e. The van der Waals surface area contributed by atoms with Crippen LogP contribution in [0.5, 0.6) is 0 Å². The van der Waals surface area contributed by atoms with Crippen molar-refractivity contribution in [3.05, 3.63) is 107 Å². The number of rotatable bonds is 8. The number of nitrogen functional groups attached to an aromatic ring is 2. The van der Waals surface area contributed by atoms with E-state index in [-0.39, 0.29) is 11.1 Å². The van der Waals surface area contributed by atoms with Crippen molar-refractivity contribution in [3.8, 4) is 22.3 Å². The molecular weight excluding hydrogens is 426 g/mol. The lowest BCUT2D eigenvalue weighted by atomic mass is 9.96. The zero-order valence-corrected chi connectivity index (χ0v) is 19.5. The van der Waals surface area contributed by atoms with Gasteiger partial charge >= 0.3 is 0 Å². The number of hydrogen-bond acceptors (Lipinski definition) is 2. The van der Waals surface area contributed by atoms with Gasteiger partial charge in [-0.15, -0.1) is 0 Å². The third kappa shape index (κ3) is 5.45. The molecule has 4 aromatic carbocycles. The molecule has 174 valence electrons. The summed E-state index contributed by atoms with van der Waals surface area (Å²) >= 11 is 0. The largest absolute Gasteiger partial charge is 0.399 e.